The molecule has 0 spiro atoms. The number of ether oxygens (including phenoxy) is 1. The maximum absolute atomic E-state index is 11.1. The van der Waals surface area contributed by atoms with Gasteiger partial charge in [0.2, 0.25) is 5.91 Å². The van der Waals surface area contributed by atoms with Crippen LogP contribution in [-0.2, 0) is 9.53 Å². The Bertz CT molecular complexity index is 279. The molecule has 0 atom stereocenters. The van der Waals surface area contributed by atoms with E-state index in [-0.39, 0.29) is 5.91 Å². The third-order valence-electron chi connectivity index (χ3n) is 1.44. The Balaban J connectivity index is 2.84. The van der Waals surface area contributed by atoms with Crippen LogP contribution >= 0.6 is 0 Å². The number of hydrogen-bond donors (Lipinski definition) is 0. The molecule has 1 aliphatic heterocycles. The molecule has 0 aromatic carbocycles. The van der Waals surface area contributed by atoms with Crippen molar-refractivity contribution < 1.29 is 9.53 Å². The maximum atomic E-state index is 11.1. The summed E-state index contributed by atoms with van der Waals surface area (Å²) in [5.74, 6) is -0.118. The minimum Gasteiger partial charge on any atom is -0.465 e. The summed E-state index contributed by atoms with van der Waals surface area (Å²) in [4.78, 5) is 16.5. The third kappa shape index (κ3) is 2.43. The van der Waals surface area contributed by atoms with E-state index >= 15 is 0 Å². The number of amidine groups is 1. The van der Waals surface area contributed by atoms with Gasteiger partial charge < -0.3 is 4.74 Å². The van der Waals surface area contributed by atoms with Crippen molar-refractivity contribution in [2.45, 2.75) is 13.8 Å². The Morgan fingerprint density at radius 2 is 2.38 bits per heavy atom. The first-order chi connectivity index (χ1) is 6.25. The van der Waals surface area contributed by atoms with Gasteiger partial charge in [0.05, 0.1) is 6.61 Å². The second kappa shape index (κ2) is 4.45. The van der Waals surface area contributed by atoms with Crippen LogP contribution in [0.5, 0.6) is 0 Å². The molecule has 1 amide bonds. The minimum atomic E-state index is -0.118. The summed E-state index contributed by atoms with van der Waals surface area (Å²) in [5.41, 5.74) is 0. The number of hydrogen-bond acceptors (Lipinski definition) is 3. The average molecular weight is 180 g/mol. The van der Waals surface area contributed by atoms with E-state index in [1.807, 2.05) is 6.92 Å². The van der Waals surface area contributed by atoms with E-state index in [2.05, 4.69) is 4.99 Å². The van der Waals surface area contributed by atoms with Crippen LogP contribution in [0.15, 0.2) is 29.5 Å². The highest BCUT2D eigenvalue weighted by Crippen LogP contribution is 2.01. The number of aliphatic imine (C=N–C) groups is 1. The topological polar surface area (TPSA) is 41.9 Å². The van der Waals surface area contributed by atoms with Crippen LogP contribution in [0.2, 0.25) is 0 Å². The number of nitrogens with zero attached hydrogens (tertiary/aromatic N) is 2. The van der Waals surface area contributed by atoms with E-state index in [0.29, 0.717) is 12.6 Å². The summed E-state index contributed by atoms with van der Waals surface area (Å²) in [6, 6.07) is 0.319. The molecule has 70 valence electrons. The highest BCUT2D eigenvalue weighted by molar-refractivity contribution is 5.94. The standard InChI is InChI=1S/C9H12N2O2/c1-3-13-9-10-6-4-5-7-11(9)8(2)12/h4-7H,3H2,1-2H3. The van der Waals surface area contributed by atoms with Crippen molar-refractivity contribution in [2.75, 3.05) is 6.61 Å². The van der Waals surface area contributed by atoms with Gasteiger partial charge in [0, 0.05) is 19.3 Å². The molecule has 0 saturated carbocycles. The van der Waals surface area contributed by atoms with Gasteiger partial charge in [-0.3, -0.25) is 4.79 Å². The lowest BCUT2D eigenvalue weighted by Gasteiger charge is -2.16. The molecule has 0 N–H and O–H groups in total. The molecule has 1 rings (SSSR count). The van der Waals surface area contributed by atoms with Crippen molar-refractivity contribution in [1.82, 2.24) is 4.90 Å². The molecule has 0 aliphatic carbocycles. The van der Waals surface area contributed by atoms with Crippen molar-refractivity contribution in [3.05, 3.63) is 24.6 Å². The molecule has 0 saturated heterocycles. The molecule has 4 heteroatoms. The van der Waals surface area contributed by atoms with Gasteiger partial charge in [0.25, 0.3) is 0 Å². The minimum absolute atomic E-state index is 0.118. The summed E-state index contributed by atoms with van der Waals surface area (Å²) >= 11 is 0. The van der Waals surface area contributed by atoms with Gasteiger partial charge in [-0.2, -0.15) is 0 Å². The molecule has 1 aliphatic rings. The fraction of sp³-hybridized carbons (Fsp3) is 0.333. The second-order valence-corrected chi connectivity index (χ2v) is 2.42. The Labute approximate surface area is 77.2 Å². The van der Waals surface area contributed by atoms with Crippen LogP contribution in [0.25, 0.3) is 0 Å². The lowest BCUT2D eigenvalue weighted by atomic mass is 10.5. The summed E-state index contributed by atoms with van der Waals surface area (Å²) in [7, 11) is 0. The largest absolute Gasteiger partial charge is 0.465 e. The zero-order chi connectivity index (χ0) is 9.68. The third-order valence-corrected chi connectivity index (χ3v) is 1.44. The SMILES string of the molecule is CCOC1=NC=CC=CN1C(C)=O. The second-order valence-electron chi connectivity index (χ2n) is 2.42. The molecule has 0 aromatic heterocycles. The molecule has 0 aromatic rings. The zero-order valence-electron chi connectivity index (χ0n) is 7.73. The normalized spacial score (nSPS) is 15.2. The Hall–Kier alpha value is -1.58. The van der Waals surface area contributed by atoms with Gasteiger partial charge in [-0.25, -0.2) is 9.89 Å². The van der Waals surface area contributed by atoms with Crippen LogP contribution in [0, 0.1) is 0 Å². The smallest absolute Gasteiger partial charge is 0.303 e. The van der Waals surface area contributed by atoms with E-state index in [1.165, 1.54) is 11.8 Å². The first kappa shape index (κ1) is 9.51. The molecular weight excluding hydrogens is 168 g/mol. The molecule has 0 radical (unpaired) electrons. The number of rotatable bonds is 1. The Morgan fingerprint density at radius 3 is 3.00 bits per heavy atom. The maximum Gasteiger partial charge on any atom is 0.303 e. The van der Waals surface area contributed by atoms with Gasteiger partial charge in [-0.15, -0.1) is 0 Å². The molecule has 0 bridgehead atoms. The van der Waals surface area contributed by atoms with E-state index in [1.54, 1.807) is 24.6 Å². The predicted octanol–water partition coefficient (Wildman–Crippen LogP) is 1.27. The molecular formula is C9H12N2O2. The summed E-state index contributed by atoms with van der Waals surface area (Å²) in [5, 5.41) is 0. The van der Waals surface area contributed by atoms with Crippen LogP contribution in [0.3, 0.4) is 0 Å². The monoisotopic (exact) mass is 180 g/mol. The summed E-state index contributed by atoms with van der Waals surface area (Å²) in [6.07, 6.45) is 6.68. The van der Waals surface area contributed by atoms with Gasteiger partial charge in [0.15, 0.2) is 0 Å². The van der Waals surface area contributed by atoms with E-state index in [4.69, 9.17) is 4.74 Å². The fourth-order valence-corrected chi connectivity index (χ4v) is 0.894. The number of allylic oxidation sites excluding steroid dienone is 2. The van der Waals surface area contributed by atoms with Gasteiger partial charge in [0.1, 0.15) is 0 Å². The number of carbonyl (C=O) groups excluding carboxylic acids is 1. The molecule has 0 unspecified atom stereocenters. The molecule has 0 fully saturated rings. The van der Waals surface area contributed by atoms with Crippen molar-refractivity contribution in [3.8, 4) is 0 Å². The zero-order valence-corrected chi connectivity index (χ0v) is 7.73. The van der Waals surface area contributed by atoms with Gasteiger partial charge in [-0.1, -0.05) is 0 Å². The fourth-order valence-electron chi connectivity index (χ4n) is 0.894. The molecule has 1 heterocycles. The molecule has 13 heavy (non-hydrogen) atoms. The summed E-state index contributed by atoms with van der Waals surface area (Å²) < 4.78 is 5.19. The Morgan fingerprint density at radius 1 is 1.62 bits per heavy atom. The summed E-state index contributed by atoms with van der Waals surface area (Å²) in [6.45, 7) is 3.80. The van der Waals surface area contributed by atoms with E-state index < -0.39 is 0 Å². The Kier molecular flexibility index (Phi) is 3.25. The number of carbonyl (C=O) groups is 1. The highest BCUT2D eigenvalue weighted by Gasteiger charge is 2.14. The van der Waals surface area contributed by atoms with Crippen molar-refractivity contribution >= 4 is 11.9 Å². The van der Waals surface area contributed by atoms with Crippen molar-refractivity contribution in [2.24, 2.45) is 4.99 Å². The lowest BCUT2D eigenvalue weighted by Crippen LogP contribution is -2.31. The van der Waals surface area contributed by atoms with Crippen molar-refractivity contribution in [1.29, 1.82) is 0 Å². The first-order valence-electron chi connectivity index (χ1n) is 4.09. The van der Waals surface area contributed by atoms with Crippen LogP contribution in [-0.4, -0.2) is 23.4 Å². The van der Waals surface area contributed by atoms with Crippen molar-refractivity contribution in [3.63, 3.8) is 0 Å². The van der Waals surface area contributed by atoms with Crippen LogP contribution in [0.1, 0.15) is 13.8 Å². The van der Waals surface area contributed by atoms with E-state index in [9.17, 15) is 4.79 Å². The predicted molar refractivity (Wildman–Crippen MR) is 49.9 cm³/mol. The highest BCUT2D eigenvalue weighted by atomic mass is 16.5. The first-order valence-corrected chi connectivity index (χ1v) is 4.09. The lowest BCUT2D eigenvalue weighted by molar-refractivity contribution is -0.123. The van der Waals surface area contributed by atoms with Gasteiger partial charge in [-0.05, 0) is 19.1 Å². The quantitative estimate of drug-likeness (QED) is 0.609. The van der Waals surface area contributed by atoms with Gasteiger partial charge >= 0.3 is 6.02 Å². The van der Waals surface area contributed by atoms with Crippen LogP contribution in [0.4, 0.5) is 0 Å². The molecule has 4 nitrogen and oxygen atoms in total. The van der Waals surface area contributed by atoms with E-state index in [0.717, 1.165) is 0 Å². The van der Waals surface area contributed by atoms with Crippen LogP contribution < -0.4 is 0 Å². The number of amides is 1. The average Bonchev–Trinajstić information content (AvgIpc) is 2.30.